The lowest BCUT2D eigenvalue weighted by Crippen LogP contribution is -2.23. The molecule has 3 N–H and O–H groups in total. The standard InChI is InChI=1S/C14H13NO4S/c16-14(15-9-10-3-2-7-19-10)12-4-1-5-13-11(12)6-8-20(13,17)18/h1-8,17-18H,9H2,(H,15,16). The summed E-state index contributed by atoms with van der Waals surface area (Å²) in [5.41, 5.74) is 0.979. The first-order chi connectivity index (χ1) is 9.58. The van der Waals surface area contributed by atoms with Gasteiger partial charge in [0.1, 0.15) is 5.76 Å². The van der Waals surface area contributed by atoms with Gasteiger partial charge >= 0.3 is 0 Å². The average Bonchev–Trinajstić information content (AvgIpc) is 3.04. The minimum Gasteiger partial charge on any atom is -0.467 e. The van der Waals surface area contributed by atoms with E-state index in [2.05, 4.69) is 5.32 Å². The van der Waals surface area contributed by atoms with Crippen molar-refractivity contribution in [3.8, 4) is 0 Å². The van der Waals surface area contributed by atoms with Gasteiger partial charge in [0.15, 0.2) is 0 Å². The Morgan fingerprint density at radius 1 is 1.25 bits per heavy atom. The van der Waals surface area contributed by atoms with Gasteiger partial charge in [0.25, 0.3) is 5.91 Å². The van der Waals surface area contributed by atoms with Crippen molar-refractivity contribution < 1.29 is 18.3 Å². The summed E-state index contributed by atoms with van der Waals surface area (Å²) >= 11 is 0. The molecule has 0 fully saturated rings. The number of carbonyl (C=O) groups is 1. The second-order valence-corrected chi connectivity index (χ2v) is 6.27. The van der Waals surface area contributed by atoms with Gasteiger partial charge < -0.3 is 9.73 Å². The SMILES string of the molecule is O=C(NCc1ccco1)c1cccc2c1C=CS2(O)O. The van der Waals surface area contributed by atoms with Gasteiger partial charge in [-0.05, 0) is 30.3 Å². The van der Waals surface area contributed by atoms with Crippen LogP contribution >= 0.6 is 10.6 Å². The predicted molar refractivity (Wildman–Crippen MR) is 76.5 cm³/mol. The molecule has 0 spiro atoms. The first-order valence-electron chi connectivity index (χ1n) is 5.98. The molecular formula is C14H13NO4S. The lowest BCUT2D eigenvalue weighted by Gasteiger charge is -2.25. The molecule has 2 aromatic rings. The molecule has 3 rings (SSSR count). The van der Waals surface area contributed by atoms with Crippen LogP contribution in [0, 0.1) is 0 Å². The molecule has 1 amide bonds. The molecular weight excluding hydrogens is 278 g/mol. The number of furan rings is 1. The largest absolute Gasteiger partial charge is 0.467 e. The number of nitrogens with one attached hydrogen (secondary N) is 1. The van der Waals surface area contributed by atoms with Crippen LogP contribution < -0.4 is 5.32 Å². The van der Waals surface area contributed by atoms with E-state index in [1.54, 1.807) is 42.7 Å². The molecule has 104 valence electrons. The Morgan fingerprint density at radius 3 is 2.85 bits per heavy atom. The number of rotatable bonds is 3. The Bertz CT molecular complexity index is 676. The van der Waals surface area contributed by atoms with Crippen molar-refractivity contribution in [2.75, 3.05) is 0 Å². The van der Waals surface area contributed by atoms with E-state index in [-0.39, 0.29) is 12.5 Å². The summed E-state index contributed by atoms with van der Waals surface area (Å²) in [5.74, 6) is 0.380. The van der Waals surface area contributed by atoms with Gasteiger partial charge in [0, 0.05) is 16.5 Å². The van der Waals surface area contributed by atoms with Crippen LogP contribution in [0.25, 0.3) is 6.08 Å². The van der Waals surface area contributed by atoms with Gasteiger partial charge in [-0.25, -0.2) is 0 Å². The Labute approximate surface area is 117 Å². The van der Waals surface area contributed by atoms with E-state index in [0.717, 1.165) is 0 Å². The summed E-state index contributed by atoms with van der Waals surface area (Å²) in [4.78, 5) is 12.6. The lowest BCUT2D eigenvalue weighted by atomic mass is 10.1. The molecule has 0 saturated carbocycles. The fraction of sp³-hybridized carbons (Fsp3) is 0.0714. The Kier molecular flexibility index (Phi) is 3.13. The van der Waals surface area contributed by atoms with Crippen molar-refractivity contribution in [1.29, 1.82) is 0 Å². The molecule has 0 radical (unpaired) electrons. The zero-order valence-corrected chi connectivity index (χ0v) is 11.3. The lowest BCUT2D eigenvalue weighted by molar-refractivity contribution is 0.0947. The van der Waals surface area contributed by atoms with Gasteiger partial charge in [-0.1, -0.05) is 6.07 Å². The maximum Gasteiger partial charge on any atom is 0.252 e. The Morgan fingerprint density at radius 2 is 2.10 bits per heavy atom. The summed E-state index contributed by atoms with van der Waals surface area (Å²) in [6, 6.07) is 8.43. The number of carbonyl (C=O) groups excluding carboxylic acids is 1. The third kappa shape index (κ3) is 2.24. The van der Waals surface area contributed by atoms with Gasteiger partial charge in [-0.3, -0.25) is 13.9 Å². The summed E-state index contributed by atoms with van der Waals surface area (Å²) in [6.45, 7) is 0.287. The second kappa shape index (κ2) is 4.82. The highest BCUT2D eigenvalue weighted by molar-refractivity contribution is 8.27. The van der Waals surface area contributed by atoms with E-state index in [1.165, 1.54) is 5.41 Å². The van der Waals surface area contributed by atoms with Gasteiger partial charge in [-0.2, -0.15) is 0 Å². The van der Waals surface area contributed by atoms with E-state index >= 15 is 0 Å². The molecule has 20 heavy (non-hydrogen) atoms. The highest BCUT2D eigenvalue weighted by atomic mass is 32.3. The predicted octanol–water partition coefficient (Wildman–Crippen LogP) is 3.30. The van der Waals surface area contributed by atoms with Gasteiger partial charge in [-0.15, -0.1) is 10.6 Å². The van der Waals surface area contributed by atoms with E-state index in [9.17, 15) is 13.9 Å². The molecule has 0 aliphatic carbocycles. The van der Waals surface area contributed by atoms with Crippen LogP contribution in [-0.4, -0.2) is 15.0 Å². The topological polar surface area (TPSA) is 82.7 Å². The zero-order chi connectivity index (χ0) is 14.2. The smallest absolute Gasteiger partial charge is 0.252 e. The fourth-order valence-electron chi connectivity index (χ4n) is 2.09. The third-order valence-electron chi connectivity index (χ3n) is 3.06. The maximum atomic E-state index is 12.2. The summed E-state index contributed by atoms with van der Waals surface area (Å²) < 4.78 is 24.8. The zero-order valence-electron chi connectivity index (χ0n) is 10.4. The second-order valence-electron chi connectivity index (χ2n) is 4.38. The van der Waals surface area contributed by atoms with Crippen LogP contribution in [0.5, 0.6) is 0 Å². The molecule has 2 heterocycles. The first-order valence-corrected chi connectivity index (χ1v) is 7.59. The first kappa shape index (κ1) is 13.0. The average molecular weight is 291 g/mol. The highest BCUT2D eigenvalue weighted by Gasteiger charge is 2.25. The van der Waals surface area contributed by atoms with Crippen LogP contribution in [0.15, 0.2) is 51.3 Å². The van der Waals surface area contributed by atoms with Crippen molar-refractivity contribution in [3.63, 3.8) is 0 Å². The highest BCUT2D eigenvalue weighted by Crippen LogP contribution is 2.56. The van der Waals surface area contributed by atoms with Crippen molar-refractivity contribution in [2.24, 2.45) is 0 Å². The molecule has 1 aromatic carbocycles. The van der Waals surface area contributed by atoms with E-state index in [1.807, 2.05) is 0 Å². The molecule has 0 saturated heterocycles. The minimum absolute atomic E-state index is 0.278. The van der Waals surface area contributed by atoms with Crippen LogP contribution in [-0.2, 0) is 6.54 Å². The molecule has 6 heteroatoms. The van der Waals surface area contributed by atoms with E-state index < -0.39 is 10.6 Å². The number of hydrogen-bond donors (Lipinski definition) is 3. The van der Waals surface area contributed by atoms with Crippen molar-refractivity contribution in [2.45, 2.75) is 11.4 Å². The number of benzene rings is 1. The normalized spacial score (nSPS) is 16.7. The summed E-state index contributed by atoms with van der Waals surface area (Å²) in [5, 5.41) is 4.07. The van der Waals surface area contributed by atoms with Crippen molar-refractivity contribution in [3.05, 3.63) is 58.9 Å². The van der Waals surface area contributed by atoms with E-state index in [0.29, 0.717) is 21.8 Å². The molecule has 0 unspecified atom stereocenters. The minimum atomic E-state index is -2.90. The van der Waals surface area contributed by atoms with E-state index in [4.69, 9.17) is 4.42 Å². The van der Waals surface area contributed by atoms with Crippen LogP contribution in [0.4, 0.5) is 0 Å². The van der Waals surface area contributed by atoms with Crippen LogP contribution in [0.1, 0.15) is 21.7 Å². The van der Waals surface area contributed by atoms with Gasteiger partial charge in [0.2, 0.25) is 0 Å². The monoisotopic (exact) mass is 291 g/mol. The molecule has 1 aliphatic rings. The molecule has 1 aromatic heterocycles. The van der Waals surface area contributed by atoms with Crippen LogP contribution in [0.3, 0.4) is 0 Å². The number of amides is 1. The quantitative estimate of drug-likeness (QED) is 0.810. The Balaban J connectivity index is 1.83. The number of hydrogen-bond acceptors (Lipinski definition) is 4. The maximum absolute atomic E-state index is 12.2. The van der Waals surface area contributed by atoms with Gasteiger partial charge in [0.05, 0.1) is 17.7 Å². The van der Waals surface area contributed by atoms with Crippen molar-refractivity contribution in [1.82, 2.24) is 5.32 Å². The number of fused-ring (bicyclic) bond motifs is 1. The third-order valence-corrected chi connectivity index (χ3v) is 4.58. The summed E-state index contributed by atoms with van der Waals surface area (Å²) in [7, 11) is -2.90. The Hall–Kier alpha value is -2.02. The summed E-state index contributed by atoms with van der Waals surface area (Å²) in [6.07, 6.45) is 3.12. The van der Waals surface area contributed by atoms with Crippen LogP contribution in [0.2, 0.25) is 0 Å². The van der Waals surface area contributed by atoms with Crippen molar-refractivity contribution >= 4 is 22.6 Å². The molecule has 0 atom stereocenters. The molecule has 5 nitrogen and oxygen atoms in total. The fourth-order valence-corrected chi connectivity index (χ4v) is 3.34. The molecule has 0 bridgehead atoms. The molecule has 1 aliphatic heterocycles.